The summed E-state index contributed by atoms with van der Waals surface area (Å²) in [5, 5.41) is 9.60. The van der Waals surface area contributed by atoms with E-state index >= 15 is 0 Å². The van der Waals surface area contributed by atoms with E-state index in [2.05, 4.69) is 10.2 Å². The van der Waals surface area contributed by atoms with Gasteiger partial charge in [-0.3, -0.25) is 9.69 Å². The molecule has 0 N–H and O–H groups in total. The van der Waals surface area contributed by atoms with Crippen molar-refractivity contribution in [3.8, 4) is 27.8 Å². The van der Waals surface area contributed by atoms with E-state index in [-0.39, 0.29) is 11.8 Å². The van der Waals surface area contributed by atoms with Gasteiger partial charge in [0.15, 0.2) is 11.5 Å². The number of carbonyl (C=O) groups excluding carboxylic acids is 1. The lowest BCUT2D eigenvalue weighted by atomic mass is 10.2. The molecule has 1 aromatic heterocycles. The number of rotatable bonds is 6. The third-order valence-electron chi connectivity index (χ3n) is 3.87. The largest absolute Gasteiger partial charge is 0.493 e. The molecule has 8 heteroatoms. The Morgan fingerprint density at radius 2 is 1.75 bits per heavy atom. The quantitative estimate of drug-likeness (QED) is 0.798. The molecule has 0 atom stereocenters. The number of methoxy groups -OCH3 is 3. The van der Waals surface area contributed by atoms with Crippen LogP contribution in [-0.4, -0.2) is 44.5 Å². The molecule has 1 aromatic carbocycles. The summed E-state index contributed by atoms with van der Waals surface area (Å²) in [7, 11) is 6.42. The molecule has 0 bridgehead atoms. The highest BCUT2D eigenvalue weighted by molar-refractivity contribution is 7.18. The number of ether oxygens (including phenoxy) is 3. The number of anilines is 1. The van der Waals surface area contributed by atoms with Crippen molar-refractivity contribution in [3.05, 3.63) is 12.1 Å². The fraction of sp³-hybridized carbons (Fsp3) is 0.438. The van der Waals surface area contributed by atoms with E-state index in [1.54, 1.807) is 33.3 Å². The fourth-order valence-electron chi connectivity index (χ4n) is 2.37. The SMILES string of the molecule is COc1cc(-c2nnc(N(C)C(=O)C3CC3)s2)cc(OC)c1OC. The van der Waals surface area contributed by atoms with Crippen molar-refractivity contribution in [3.63, 3.8) is 0 Å². The van der Waals surface area contributed by atoms with Gasteiger partial charge in [-0.15, -0.1) is 10.2 Å². The number of hydrogen-bond acceptors (Lipinski definition) is 7. The van der Waals surface area contributed by atoms with E-state index in [4.69, 9.17) is 14.2 Å². The minimum atomic E-state index is 0.0996. The number of benzene rings is 1. The standard InChI is InChI=1S/C16H19N3O4S/c1-19(15(20)9-5-6-9)16-18-17-14(24-16)10-7-11(21-2)13(23-4)12(8-10)22-3/h7-9H,5-6H2,1-4H3. The number of carbonyl (C=O) groups is 1. The van der Waals surface area contributed by atoms with Crippen LogP contribution < -0.4 is 19.1 Å². The lowest BCUT2D eigenvalue weighted by molar-refractivity contribution is -0.119. The van der Waals surface area contributed by atoms with Gasteiger partial charge in [-0.2, -0.15) is 0 Å². The molecule has 1 fully saturated rings. The lowest BCUT2D eigenvalue weighted by Gasteiger charge is -2.13. The Morgan fingerprint density at radius 3 is 2.25 bits per heavy atom. The average Bonchev–Trinajstić information content (AvgIpc) is 3.35. The molecule has 0 unspecified atom stereocenters. The van der Waals surface area contributed by atoms with E-state index in [0.717, 1.165) is 18.4 Å². The van der Waals surface area contributed by atoms with Crippen LogP contribution in [0.5, 0.6) is 17.2 Å². The second-order valence-electron chi connectivity index (χ2n) is 5.48. The molecule has 7 nitrogen and oxygen atoms in total. The second kappa shape index (κ2) is 6.64. The summed E-state index contributed by atoms with van der Waals surface area (Å²) in [6, 6.07) is 3.63. The summed E-state index contributed by atoms with van der Waals surface area (Å²) in [4.78, 5) is 13.7. The Balaban J connectivity index is 1.93. The minimum absolute atomic E-state index is 0.0996. The van der Waals surface area contributed by atoms with Gasteiger partial charge in [0.25, 0.3) is 0 Å². The van der Waals surface area contributed by atoms with Gasteiger partial charge in [0.2, 0.25) is 16.8 Å². The van der Waals surface area contributed by atoms with Crippen molar-refractivity contribution in [1.29, 1.82) is 0 Å². The van der Waals surface area contributed by atoms with Gasteiger partial charge in [0, 0.05) is 18.5 Å². The third kappa shape index (κ3) is 3.01. The van der Waals surface area contributed by atoms with Crippen LogP contribution >= 0.6 is 11.3 Å². The van der Waals surface area contributed by atoms with Gasteiger partial charge in [-0.05, 0) is 25.0 Å². The van der Waals surface area contributed by atoms with Crippen molar-refractivity contribution in [1.82, 2.24) is 10.2 Å². The molecule has 1 amide bonds. The topological polar surface area (TPSA) is 73.8 Å². The molecule has 1 saturated carbocycles. The zero-order valence-corrected chi connectivity index (χ0v) is 14.8. The number of hydrogen-bond donors (Lipinski definition) is 0. The van der Waals surface area contributed by atoms with Crippen LogP contribution in [0.25, 0.3) is 10.6 Å². The summed E-state index contributed by atoms with van der Waals surface area (Å²) >= 11 is 1.35. The molecular formula is C16H19N3O4S. The van der Waals surface area contributed by atoms with Gasteiger partial charge in [0.05, 0.1) is 21.3 Å². The molecule has 0 aliphatic heterocycles. The van der Waals surface area contributed by atoms with Crippen molar-refractivity contribution >= 4 is 22.4 Å². The Kier molecular flexibility index (Phi) is 4.57. The first-order chi connectivity index (χ1) is 11.6. The highest BCUT2D eigenvalue weighted by Crippen LogP contribution is 2.42. The predicted molar refractivity (Wildman–Crippen MR) is 91.1 cm³/mol. The molecule has 1 aliphatic carbocycles. The van der Waals surface area contributed by atoms with Crippen LogP contribution in [0, 0.1) is 5.92 Å². The summed E-state index contributed by atoms with van der Waals surface area (Å²) in [6.45, 7) is 0. The van der Waals surface area contributed by atoms with E-state index in [1.165, 1.54) is 11.3 Å². The Hall–Kier alpha value is -2.35. The molecule has 1 heterocycles. The second-order valence-corrected chi connectivity index (χ2v) is 6.43. The Morgan fingerprint density at radius 1 is 1.12 bits per heavy atom. The van der Waals surface area contributed by atoms with E-state index in [1.807, 2.05) is 12.1 Å². The third-order valence-corrected chi connectivity index (χ3v) is 4.92. The first-order valence-corrected chi connectivity index (χ1v) is 8.32. The molecule has 1 aliphatic rings. The van der Waals surface area contributed by atoms with Crippen LogP contribution in [0.3, 0.4) is 0 Å². The maximum Gasteiger partial charge on any atom is 0.231 e. The highest BCUT2D eigenvalue weighted by Gasteiger charge is 2.33. The molecule has 0 saturated heterocycles. The summed E-state index contributed by atoms with van der Waals surface area (Å²) in [6.07, 6.45) is 1.92. The number of amides is 1. The molecular weight excluding hydrogens is 330 g/mol. The summed E-state index contributed by atoms with van der Waals surface area (Å²) < 4.78 is 16.0. The van der Waals surface area contributed by atoms with Gasteiger partial charge < -0.3 is 14.2 Å². The number of nitrogens with zero attached hydrogens (tertiary/aromatic N) is 3. The van der Waals surface area contributed by atoms with Gasteiger partial charge in [-0.1, -0.05) is 11.3 Å². The Bertz CT molecular complexity index is 733. The summed E-state index contributed by atoms with van der Waals surface area (Å²) in [5.74, 6) is 1.86. The average molecular weight is 349 g/mol. The van der Waals surface area contributed by atoms with Crippen LogP contribution in [0.2, 0.25) is 0 Å². The zero-order valence-electron chi connectivity index (χ0n) is 14.0. The van der Waals surface area contributed by atoms with Crippen LogP contribution in [0.4, 0.5) is 5.13 Å². The van der Waals surface area contributed by atoms with Crippen LogP contribution in [0.15, 0.2) is 12.1 Å². The predicted octanol–water partition coefficient (Wildman–Crippen LogP) is 2.60. The van der Waals surface area contributed by atoms with Crippen LogP contribution in [0.1, 0.15) is 12.8 Å². The van der Waals surface area contributed by atoms with Gasteiger partial charge >= 0.3 is 0 Å². The molecule has 0 radical (unpaired) electrons. The molecule has 2 aromatic rings. The van der Waals surface area contributed by atoms with Gasteiger partial charge in [0.1, 0.15) is 5.01 Å². The van der Waals surface area contributed by atoms with Crippen molar-refractivity contribution in [2.45, 2.75) is 12.8 Å². The van der Waals surface area contributed by atoms with E-state index < -0.39 is 0 Å². The lowest BCUT2D eigenvalue weighted by Crippen LogP contribution is -2.27. The molecule has 128 valence electrons. The molecule has 3 rings (SSSR count). The Labute approximate surface area is 144 Å². The summed E-state index contributed by atoms with van der Waals surface area (Å²) in [5.41, 5.74) is 0.792. The van der Waals surface area contributed by atoms with Crippen molar-refractivity contribution < 1.29 is 19.0 Å². The monoisotopic (exact) mass is 349 g/mol. The fourth-order valence-corrected chi connectivity index (χ4v) is 3.17. The van der Waals surface area contributed by atoms with Crippen molar-refractivity contribution in [2.24, 2.45) is 5.92 Å². The maximum atomic E-state index is 12.1. The highest BCUT2D eigenvalue weighted by atomic mass is 32.1. The normalized spacial score (nSPS) is 13.5. The molecule has 0 spiro atoms. The first kappa shape index (κ1) is 16.5. The van der Waals surface area contributed by atoms with Crippen LogP contribution in [-0.2, 0) is 4.79 Å². The van der Waals surface area contributed by atoms with E-state index in [9.17, 15) is 4.79 Å². The molecule has 24 heavy (non-hydrogen) atoms. The smallest absolute Gasteiger partial charge is 0.231 e. The minimum Gasteiger partial charge on any atom is -0.493 e. The number of aromatic nitrogens is 2. The van der Waals surface area contributed by atoms with Crippen molar-refractivity contribution in [2.75, 3.05) is 33.3 Å². The first-order valence-electron chi connectivity index (χ1n) is 7.50. The zero-order chi connectivity index (χ0) is 17.3. The van der Waals surface area contributed by atoms with Gasteiger partial charge in [-0.25, -0.2) is 0 Å². The van der Waals surface area contributed by atoms with E-state index in [0.29, 0.717) is 27.4 Å². The maximum absolute atomic E-state index is 12.1.